The fourth-order valence-electron chi connectivity index (χ4n) is 3.70. The van der Waals surface area contributed by atoms with Gasteiger partial charge in [0, 0.05) is 6.42 Å². The van der Waals surface area contributed by atoms with Crippen LogP contribution in [-0.4, -0.2) is 11.8 Å². The van der Waals surface area contributed by atoms with Gasteiger partial charge in [-0.2, -0.15) is 0 Å². The first-order chi connectivity index (χ1) is 9.17. The number of carbonyl (C=O) groups excluding carboxylic acids is 2. The topological polar surface area (TPSA) is 46.2 Å². The molecule has 2 amide bonds. The molecule has 0 spiro atoms. The lowest BCUT2D eigenvalue weighted by atomic mass is 9.62. The number of benzene rings is 1. The zero-order valence-electron chi connectivity index (χ0n) is 11.2. The van der Waals surface area contributed by atoms with Gasteiger partial charge in [0.1, 0.15) is 0 Å². The molecule has 3 heteroatoms. The molecule has 0 aromatic heterocycles. The van der Waals surface area contributed by atoms with Gasteiger partial charge in [-0.15, -0.1) is 0 Å². The van der Waals surface area contributed by atoms with Gasteiger partial charge in [-0.25, -0.2) is 0 Å². The summed E-state index contributed by atoms with van der Waals surface area (Å²) in [5.41, 5.74) is 0.877. The minimum Gasteiger partial charge on any atom is -0.296 e. The summed E-state index contributed by atoms with van der Waals surface area (Å²) in [6, 6.07) is 9.90. The van der Waals surface area contributed by atoms with Crippen LogP contribution in [0.2, 0.25) is 0 Å². The monoisotopic (exact) mass is 257 g/mol. The maximum Gasteiger partial charge on any atom is 0.234 e. The smallest absolute Gasteiger partial charge is 0.234 e. The molecule has 1 aromatic rings. The second-order valence-electron chi connectivity index (χ2n) is 5.79. The Kier molecular flexibility index (Phi) is 2.92. The van der Waals surface area contributed by atoms with Crippen molar-refractivity contribution in [3.8, 4) is 0 Å². The van der Waals surface area contributed by atoms with Crippen molar-refractivity contribution in [2.24, 2.45) is 11.3 Å². The third-order valence-electron chi connectivity index (χ3n) is 4.77. The molecule has 100 valence electrons. The summed E-state index contributed by atoms with van der Waals surface area (Å²) >= 11 is 0. The van der Waals surface area contributed by atoms with Gasteiger partial charge in [-0.05, 0) is 36.2 Å². The summed E-state index contributed by atoms with van der Waals surface area (Å²) in [4.78, 5) is 24.2. The summed E-state index contributed by atoms with van der Waals surface area (Å²) in [6.45, 7) is 2.11. The molecule has 2 atom stereocenters. The van der Waals surface area contributed by atoms with E-state index in [0.29, 0.717) is 12.3 Å². The number of nitrogens with one attached hydrogen (secondary N) is 1. The number of amides is 2. The van der Waals surface area contributed by atoms with Gasteiger partial charge in [-0.3, -0.25) is 14.9 Å². The zero-order chi connectivity index (χ0) is 13.5. The van der Waals surface area contributed by atoms with Crippen molar-refractivity contribution in [3.05, 3.63) is 35.9 Å². The minimum atomic E-state index is -0.177. The second kappa shape index (κ2) is 4.48. The van der Waals surface area contributed by atoms with E-state index < -0.39 is 0 Å². The number of hydrogen-bond acceptors (Lipinski definition) is 2. The van der Waals surface area contributed by atoms with Gasteiger partial charge in [-0.1, -0.05) is 37.3 Å². The number of carbonyl (C=O) groups is 2. The van der Waals surface area contributed by atoms with Gasteiger partial charge in [0.25, 0.3) is 0 Å². The van der Waals surface area contributed by atoms with Crippen LogP contribution in [0.5, 0.6) is 0 Å². The van der Waals surface area contributed by atoms with Crippen LogP contribution in [-0.2, 0) is 9.59 Å². The van der Waals surface area contributed by atoms with Crippen LogP contribution < -0.4 is 5.32 Å². The van der Waals surface area contributed by atoms with Crippen molar-refractivity contribution in [3.63, 3.8) is 0 Å². The van der Waals surface area contributed by atoms with Gasteiger partial charge in [0.05, 0.1) is 5.92 Å². The Morgan fingerprint density at radius 2 is 1.89 bits per heavy atom. The van der Waals surface area contributed by atoms with E-state index in [9.17, 15) is 9.59 Å². The predicted octanol–water partition coefficient (Wildman–Crippen LogP) is 2.62. The van der Waals surface area contributed by atoms with Crippen molar-refractivity contribution in [2.45, 2.75) is 38.5 Å². The summed E-state index contributed by atoms with van der Waals surface area (Å²) in [5.74, 6) is 0.128. The summed E-state index contributed by atoms with van der Waals surface area (Å²) in [7, 11) is 0. The Balaban J connectivity index is 2.06. The van der Waals surface area contributed by atoms with Gasteiger partial charge in [0.2, 0.25) is 11.8 Å². The Hall–Kier alpha value is -1.64. The third kappa shape index (κ3) is 1.97. The Bertz CT molecular complexity index is 507. The highest BCUT2D eigenvalue weighted by atomic mass is 16.2. The Labute approximate surface area is 113 Å². The van der Waals surface area contributed by atoms with E-state index in [1.165, 1.54) is 0 Å². The molecular weight excluding hydrogens is 238 g/mol. The normalized spacial score (nSPS) is 31.1. The zero-order valence-corrected chi connectivity index (χ0v) is 11.2. The van der Waals surface area contributed by atoms with E-state index in [0.717, 1.165) is 24.8 Å². The minimum absolute atomic E-state index is 0.106. The second-order valence-corrected chi connectivity index (χ2v) is 5.79. The van der Waals surface area contributed by atoms with Gasteiger partial charge >= 0.3 is 0 Å². The van der Waals surface area contributed by atoms with Crippen LogP contribution in [0.4, 0.5) is 0 Å². The van der Waals surface area contributed by atoms with Crippen molar-refractivity contribution in [1.82, 2.24) is 5.32 Å². The van der Waals surface area contributed by atoms with Crippen molar-refractivity contribution >= 4 is 11.8 Å². The molecule has 1 aliphatic heterocycles. The van der Waals surface area contributed by atoms with Crippen LogP contribution in [0.15, 0.2) is 30.3 Å². The molecule has 1 saturated carbocycles. The van der Waals surface area contributed by atoms with Crippen LogP contribution in [0.3, 0.4) is 0 Å². The van der Waals surface area contributed by atoms with E-state index in [1.54, 1.807) is 0 Å². The Morgan fingerprint density at radius 3 is 2.47 bits per heavy atom. The highest BCUT2D eigenvalue weighted by Crippen LogP contribution is 2.58. The molecule has 1 heterocycles. The lowest BCUT2D eigenvalue weighted by Gasteiger charge is -2.43. The lowest BCUT2D eigenvalue weighted by Crippen LogP contribution is -2.51. The molecular formula is C16H19NO2. The summed E-state index contributed by atoms with van der Waals surface area (Å²) in [6.07, 6.45) is 3.67. The fourth-order valence-corrected chi connectivity index (χ4v) is 3.70. The molecule has 19 heavy (non-hydrogen) atoms. The number of rotatable bonds is 3. The molecule has 3 rings (SSSR count). The molecule has 1 aromatic carbocycles. The number of hydrogen-bond donors (Lipinski definition) is 1. The van der Waals surface area contributed by atoms with Crippen LogP contribution in [0.25, 0.3) is 0 Å². The van der Waals surface area contributed by atoms with E-state index >= 15 is 0 Å². The first-order valence-corrected chi connectivity index (χ1v) is 7.06. The average molecular weight is 257 g/mol. The Morgan fingerprint density at radius 1 is 1.21 bits per heavy atom. The van der Waals surface area contributed by atoms with Crippen LogP contribution in [0.1, 0.15) is 44.1 Å². The number of imide groups is 1. The quantitative estimate of drug-likeness (QED) is 0.846. The van der Waals surface area contributed by atoms with Crippen molar-refractivity contribution < 1.29 is 9.59 Å². The highest BCUT2D eigenvalue weighted by Gasteiger charge is 2.55. The molecule has 0 radical (unpaired) electrons. The summed E-state index contributed by atoms with van der Waals surface area (Å²) in [5, 5.41) is 2.52. The van der Waals surface area contributed by atoms with E-state index in [2.05, 4.69) is 12.2 Å². The van der Waals surface area contributed by atoms with Crippen molar-refractivity contribution in [2.75, 3.05) is 0 Å². The molecule has 3 nitrogen and oxygen atoms in total. The third-order valence-corrected chi connectivity index (χ3v) is 4.77. The van der Waals surface area contributed by atoms with Crippen LogP contribution >= 0.6 is 0 Å². The maximum atomic E-state index is 12.4. The standard InChI is InChI=1S/C16H19NO2/c1-2-16(12-8-9-12)10-13(18)17-15(19)14(16)11-6-4-3-5-7-11/h3-7,12,14H,2,8-10H2,1H3,(H,17,18,19). The van der Waals surface area contributed by atoms with E-state index in [1.807, 2.05) is 30.3 Å². The van der Waals surface area contributed by atoms with Crippen molar-refractivity contribution in [1.29, 1.82) is 0 Å². The molecule has 2 unspecified atom stereocenters. The highest BCUT2D eigenvalue weighted by molar-refractivity contribution is 6.02. The van der Waals surface area contributed by atoms with E-state index in [-0.39, 0.29) is 23.1 Å². The summed E-state index contributed by atoms with van der Waals surface area (Å²) < 4.78 is 0. The molecule has 2 aliphatic rings. The first kappa shape index (κ1) is 12.4. The molecule has 2 fully saturated rings. The molecule has 1 aliphatic carbocycles. The SMILES string of the molecule is CCC1(C2CC2)CC(=O)NC(=O)C1c1ccccc1. The molecule has 0 bridgehead atoms. The van der Waals surface area contributed by atoms with Crippen LogP contribution in [0, 0.1) is 11.3 Å². The molecule has 1 saturated heterocycles. The first-order valence-electron chi connectivity index (χ1n) is 7.06. The average Bonchev–Trinajstić information content (AvgIpc) is 3.23. The maximum absolute atomic E-state index is 12.4. The largest absolute Gasteiger partial charge is 0.296 e. The fraction of sp³-hybridized carbons (Fsp3) is 0.500. The predicted molar refractivity (Wildman–Crippen MR) is 72.4 cm³/mol. The van der Waals surface area contributed by atoms with Gasteiger partial charge < -0.3 is 0 Å². The lowest BCUT2D eigenvalue weighted by molar-refractivity contribution is -0.141. The number of piperidine rings is 1. The van der Waals surface area contributed by atoms with E-state index in [4.69, 9.17) is 0 Å². The molecule has 1 N–H and O–H groups in total. The van der Waals surface area contributed by atoms with Gasteiger partial charge in [0.15, 0.2) is 0 Å².